The summed E-state index contributed by atoms with van der Waals surface area (Å²) in [5.41, 5.74) is 2.65. The molecule has 0 N–H and O–H groups in total. The van der Waals surface area contributed by atoms with E-state index in [1.54, 1.807) is 0 Å². The molecule has 0 unspecified atom stereocenters. The number of rotatable bonds is 8. The van der Waals surface area contributed by atoms with Crippen molar-refractivity contribution in [2.24, 2.45) is 0 Å². The number of unbranched alkanes of at least 4 members (excludes halogenated alkanes) is 1. The van der Waals surface area contributed by atoms with Gasteiger partial charge in [0.2, 0.25) is 0 Å². The standard InChI is InChI=1S/C17H28N/c1-5-9-14-18(7-3,8-4)15-17-12-10-16(6-2)11-13-17/h6,10-13H,2,5,7-9,14-15H2,1,3-4H3/q+1. The first-order valence-corrected chi connectivity index (χ1v) is 7.26. The second kappa shape index (κ2) is 7.38. The van der Waals surface area contributed by atoms with E-state index in [2.05, 4.69) is 51.6 Å². The van der Waals surface area contributed by atoms with Gasteiger partial charge in [0.15, 0.2) is 0 Å². The Bertz CT molecular complexity index is 346. The predicted octanol–water partition coefficient (Wildman–Crippen LogP) is 4.49. The molecule has 0 aliphatic rings. The van der Waals surface area contributed by atoms with E-state index in [-0.39, 0.29) is 0 Å². The van der Waals surface area contributed by atoms with E-state index in [1.165, 1.54) is 48.1 Å². The Kier molecular flexibility index (Phi) is 6.14. The summed E-state index contributed by atoms with van der Waals surface area (Å²) in [7, 11) is 0. The van der Waals surface area contributed by atoms with E-state index in [0.717, 1.165) is 6.54 Å². The maximum absolute atomic E-state index is 3.80. The first-order chi connectivity index (χ1) is 8.69. The number of hydrogen-bond acceptors (Lipinski definition) is 0. The van der Waals surface area contributed by atoms with Gasteiger partial charge < -0.3 is 4.48 Å². The first-order valence-electron chi connectivity index (χ1n) is 7.26. The van der Waals surface area contributed by atoms with Crippen LogP contribution >= 0.6 is 0 Å². The van der Waals surface area contributed by atoms with Gasteiger partial charge in [-0.1, -0.05) is 50.3 Å². The molecule has 0 spiro atoms. The molecule has 0 fully saturated rings. The second-order valence-electron chi connectivity index (χ2n) is 5.16. The van der Waals surface area contributed by atoms with Gasteiger partial charge in [0.25, 0.3) is 0 Å². The summed E-state index contributed by atoms with van der Waals surface area (Å²) in [6, 6.07) is 8.84. The molecular weight excluding hydrogens is 218 g/mol. The average Bonchev–Trinajstić information content (AvgIpc) is 2.44. The molecule has 0 aliphatic heterocycles. The molecule has 0 aromatic heterocycles. The average molecular weight is 246 g/mol. The van der Waals surface area contributed by atoms with Gasteiger partial charge in [-0.3, -0.25) is 0 Å². The summed E-state index contributed by atoms with van der Waals surface area (Å²) in [5, 5.41) is 0. The van der Waals surface area contributed by atoms with Crippen LogP contribution in [0.1, 0.15) is 44.7 Å². The highest BCUT2D eigenvalue weighted by atomic mass is 15.3. The number of nitrogens with zero attached hydrogens (tertiary/aromatic N) is 1. The number of hydrogen-bond donors (Lipinski definition) is 0. The molecule has 1 heteroatoms. The molecule has 1 rings (SSSR count). The van der Waals surface area contributed by atoms with Gasteiger partial charge in [-0.2, -0.15) is 0 Å². The fraction of sp³-hybridized carbons (Fsp3) is 0.529. The van der Waals surface area contributed by atoms with Crippen molar-refractivity contribution >= 4 is 6.08 Å². The Morgan fingerprint density at radius 2 is 1.67 bits per heavy atom. The van der Waals surface area contributed by atoms with E-state index >= 15 is 0 Å². The van der Waals surface area contributed by atoms with Crippen LogP contribution in [0, 0.1) is 0 Å². The van der Waals surface area contributed by atoms with Gasteiger partial charge in [-0.25, -0.2) is 0 Å². The smallest absolute Gasteiger partial charge is 0.104 e. The van der Waals surface area contributed by atoms with Gasteiger partial charge in [0.1, 0.15) is 6.54 Å². The molecule has 0 atom stereocenters. The summed E-state index contributed by atoms with van der Waals surface area (Å²) >= 11 is 0. The van der Waals surface area contributed by atoms with Crippen molar-refractivity contribution in [3.8, 4) is 0 Å². The van der Waals surface area contributed by atoms with Crippen molar-refractivity contribution in [1.29, 1.82) is 0 Å². The van der Waals surface area contributed by atoms with Crippen LogP contribution in [0.3, 0.4) is 0 Å². The summed E-state index contributed by atoms with van der Waals surface area (Å²) in [5.74, 6) is 0. The molecule has 0 radical (unpaired) electrons. The van der Waals surface area contributed by atoms with Gasteiger partial charge in [-0.15, -0.1) is 0 Å². The van der Waals surface area contributed by atoms with Crippen LogP contribution in [0.15, 0.2) is 30.8 Å². The fourth-order valence-electron chi connectivity index (χ4n) is 2.48. The van der Waals surface area contributed by atoms with Gasteiger partial charge >= 0.3 is 0 Å². The zero-order chi connectivity index (χ0) is 13.4. The van der Waals surface area contributed by atoms with E-state index < -0.39 is 0 Å². The van der Waals surface area contributed by atoms with Crippen LogP contribution < -0.4 is 0 Å². The maximum Gasteiger partial charge on any atom is 0.104 e. The lowest BCUT2D eigenvalue weighted by Crippen LogP contribution is -2.47. The predicted molar refractivity (Wildman–Crippen MR) is 81.4 cm³/mol. The van der Waals surface area contributed by atoms with Crippen LogP contribution in [0.4, 0.5) is 0 Å². The monoisotopic (exact) mass is 246 g/mol. The molecule has 0 aliphatic carbocycles. The van der Waals surface area contributed by atoms with E-state index in [4.69, 9.17) is 0 Å². The Labute approximate surface area is 113 Å². The topological polar surface area (TPSA) is 0 Å². The van der Waals surface area contributed by atoms with Crippen LogP contribution in [0.5, 0.6) is 0 Å². The van der Waals surface area contributed by atoms with E-state index in [9.17, 15) is 0 Å². The Morgan fingerprint density at radius 3 is 2.11 bits per heavy atom. The molecule has 0 saturated heterocycles. The van der Waals surface area contributed by atoms with E-state index in [0.29, 0.717) is 0 Å². The summed E-state index contributed by atoms with van der Waals surface area (Å²) in [6.45, 7) is 15.6. The lowest BCUT2D eigenvalue weighted by atomic mass is 10.1. The van der Waals surface area contributed by atoms with Crippen LogP contribution in [0.25, 0.3) is 6.08 Å². The molecule has 1 aromatic rings. The highest BCUT2D eigenvalue weighted by Crippen LogP contribution is 2.17. The second-order valence-corrected chi connectivity index (χ2v) is 5.16. The zero-order valence-corrected chi connectivity index (χ0v) is 12.3. The molecule has 100 valence electrons. The Hall–Kier alpha value is -1.08. The quantitative estimate of drug-likeness (QED) is 0.593. The maximum atomic E-state index is 3.80. The largest absolute Gasteiger partial charge is 0.320 e. The molecule has 1 aromatic carbocycles. The minimum Gasteiger partial charge on any atom is -0.320 e. The van der Waals surface area contributed by atoms with Crippen molar-refractivity contribution < 1.29 is 4.48 Å². The highest BCUT2D eigenvalue weighted by molar-refractivity contribution is 5.47. The minimum absolute atomic E-state index is 1.16. The minimum atomic E-state index is 1.16. The van der Waals surface area contributed by atoms with Gasteiger partial charge in [0, 0.05) is 5.56 Å². The van der Waals surface area contributed by atoms with Gasteiger partial charge in [-0.05, 0) is 25.8 Å². The third-order valence-electron chi connectivity index (χ3n) is 4.06. The lowest BCUT2D eigenvalue weighted by Gasteiger charge is -2.37. The van der Waals surface area contributed by atoms with Crippen molar-refractivity contribution in [3.63, 3.8) is 0 Å². The van der Waals surface area contributed by atoms with Crippen molar-refractivity contribution in [3.05, 3.63) is 42.0 Å². The molecule has 1 nitrogen and oxygen atoms in total. The molecular formula is C17H28N+. The molecule has 0 amide bonds. The van der Waals surface area contributed by atoms with Crippen LogP contribution in [-0.2, 0) is 6.54 Å². The molecule has 18 heavy (non-hydrogen) atoms. The third-order valence-corrected chi connectivity index (χ3v) is 4.06. The summed E-state index contributed by atoms with van der Waals surface area (Å²) < 4.78 is 1.21. The summed E-state index contributed by atoms with van der Waals surface area (Å²) in [6.07, 6.45) is 4.52. The fourth-order valence-corrected chi connectivity index (χ4v) is 2.48. The van der Waals surface area contributed by atoms with Crippen molar-refractivity contribution in [1.82, 2.24) is 0 Å². The van der Waals surface area contributed by atoms with Crippen LogP contribution in [0.2, 0.25) is 0 Å². The number of benzene rings is 1. The molecule has 0 bridgehead atoms. The zero-order valence-electron chi connectivity index (χ0n) is 12.3. The first kappa shape index (κ1) is 15.0. The SMILES string of the molecule is C=Cc1ccc(C[N+](CC)(CC)CCCC)cc1. The van der Waals surface area contributed by atoms with E-state index in [1.807, 2.05) is 6.08 Å². The highest BCUT2D eigenvalue weighted by Gasteiger charge is 2.22. The van der Waals surface area contributed by atoms with Crippen LogP contribution in [-0.4, -0.2) is 24.1 Å². The normalized spacial score (nSPS) is 11.5. The Morgan fingerprint density at radius 1 is 1.06 bits per heavy atom. The van der Waals surface area contributed by atoms with Gasteiger partial charge in [0.05, 0.1) is 19.6 Å². The molecule has 0 heterocycles. The molecule has 0 saturated carbocycles. The summed E-state index contributed by atoms with van der Waals surface area (Å²) in [4.78, 5) is 0. The van der Waals surface area contributed by atoms with Crippen molar-refractivity contribution in [2.45, 2.75) is 40.2 Å². The van der Waals surface area contributed by atoms with Crippen molar-refractivity contribution in [2.75, 3.05) is 19.6 Å². The lowest BCUT2D eigenvalue weighted by molar-refractivity contribution is -0.938. The Balaban J connectivity index is 2.77. The number of quaternary nitrogens is 1. The third kappa shape index (κ3) is 3.99.